The Balaban J connectivity index is 0.00000192. The van der Waals surface area contributed by atoms with Crippen molar-refractivity contribution >= 4 is 24.0 Å². The van der Waals surface area contributed by atoms with E-state index < -0.39 is 11.6 Å². The van der Waals surface area contributed by atoms with E-state index in [9.17, 15) is 13.6 Å². The van der Waals surface area contributed by atoms with Crippen LogP contribution in [0.25, 0.3) is 0 Å². The minimum atomic E-state index is -0.627. The molecule has 23 heavy (non-hydrogen) atoms. The highest BCUT2D eigenvalue weighted by molar-refractivity contribution is 5.92. The summed E-state index contributed by atoms with van der Waals surface area (Å²) in [6.45, 7) is 0.181. The molecule has 2 saturated heterocycles. The minimum absolute atomic E-state index is 0. The van der Waals surface area contributed by atoms with Crippen LogP contribution in [0.4, 0.5) is 14.5 Å². The zero-order valence-corrected chi connectivity index (χ0v) is 13.8. The number of fused-ring (bicyclic) bond motifs is 2. The molecular formula is C16H22ClF2N3O. The van der Waals surface area contributed by atoms with Crippen molar-refractivity contribution in [3.05, 3.63) is 29.8 Å². The van der Waals surface area contributed by atoms with Crippen molar-refractivity contribution in [1.29, 1.82) is 0 Å². The van der Waals surface area contributed by atoms with Crippen LogP contribution in [-0.2, 0) is 4.79 Å². The topological polar surface area (TPSA) is 44.4 Å². The summed E-state index contributed by atoms with van der Waals surface area (Å²) >= 11 is 0. The van der Waals surface area contributed by atoms with Crippen LogP contribution in [0.2, 0.25) is 0 Å². The Morgan fingerprint density at radius 1 is 1.30 bits per heavy atom. The van der Waals surface area contributed by atoms with Crippen molar-refractivity contribution in [2.75, 3.05) is 18.9 Å². The Hall–Kier alpha value is -1.24. The molecule has 0 radical (unpaired) electrons. The smallest absolute Gasteiger partial charge is 0.238 e. The number of halogens is 3. The van der Waals surface area contributed by atoms with E-state index in [0.717, 1.165) is 31.0 Å². The van der Waals surface area contributed by atoms with Gasteiger partial charge in [-0.25, -0.2) is 8.78 Å². The summed E-state index contributed by atoms with van der Waals surface area (Å²) in [6.07, 6.45) is 4.48. The normalized spacial score (nSPS) is 26.0. The molecular weight excluding hydrogens is 324 g/mol. The lowest BCUT2D eigenvalue weighted by Gasteiger charge is -2.35. The van der Waals surface area contributed by atoms with E-state index >= 15 is 0 Å². The van der Waals surface area contributed by atoms with Crippen LogP contribution in [0, 0.1) is 11.6 Å². The van der Waals surface area contributed by atoms with E-state index in [2.05, 4.69) is 10.6 Å². The summed E-state index contributed by atoms with van der Waals surface area (Å²) in [4.78, 5) is 14.1. The maximum absolute atomic E-state index is 13.5. The lowest BCUT2D eigenvalue weighted by atomic mass is 9.98. The summed E-state index contributed by atoms with van der Waals surface area (Å²) in [5.41, 5.74) is -0.108. The summed E-state index contributed by atoms with van der Waals surface area (Å²) in [7, 11) is 1.91. The molecule has 4 nitrogen and oxygen atoms in total. The predicted molar refractivity (Wildman–Crippen MR) is 87.8 cm³/mol. The van der Waals surface area contributed by atoms with Gasteiger partial charge in [-0.1, -0.05) is 0 Å². The first-order valence-electron chi connectivity index (χ1n) is 7.72. The number of anilines is 1. The average Bonchev–Trinajstić information content (AvgIpc) is 2.81. The Morgan fingerprint density at radius 3 is 2.61 bits per heavy atom. The average molecular weight is 346 g/mol. The first-order chi connectivity index (χ1) is 10.5. The zero-order chi connectivity index (χ0) is 15.7. The van der Waals surface area contributed by atoms with Crippen molar-refractivity contribution in [1.82, 2.24) is 10.2 Å². The minimum Gasteiger partial charge on any atom is -0.322 e. The first kappa shape index (κ1) is 18.1. The fourth-order valence-electron chi connectivity index (χ4n) is 3.53. The third-order valence-corrected chi connectivity index (χ3v) is 4.67. The van der Waals surface area contributed by atoms with Gasteiger partial charge in [0, 0.05) is 24.2 Å². The number of nitrogens with zero attached hydrogens (tertiary/aromatic N) is 1. The van der Waals surface area contributed by atoms with Gasteiger partial charge in [0.05, 0.1) is 12.2 Å². The molecule has 2 atom stereocenters. The molecule has 2 unspecified atom stereocenters. The number of benzene rings is 1. The second-order valence-electron chi connectivity index (χ2n) is 6.35. The number of carbonyl (C=O) groups excluding carboxylic acids is 1. The summed E-state index contributed by atoms with van der Waals surface area (Å²) in [5, 5.41) is 6.01. The van der Waals surface area contributed by atoms with Crippen LogP contribution in [0.1, 0.15) is 25.7 Å². The van der Waals surface area contributed by atoms with Gasteiger partial charge in [-0.05, 0) is 44.9 Å². The highest BCUT2D eigenvalue weighted by Gasteiger charge is 2.35. The van der Waals surface area contributed by atoms with Crippen LogP contribution >= 0.6 is 12.4 Å². The fraction of sp³-hybridized carbons (Fsp3) is 0.562. The molecule has 3 rings (SSSR count). The van der Waals surface area contributed by atoms with Gasteiger partial charge in [0.15, 0.2) is 0 Å². The fourth-order valence-corrected chi connectivity index (χ4v) is 3.53. The molecule has 2 aliphatic heterocycles. The van der Waals surface area contributed by atoms with Crippen molar-refractivity contribution in [2.45, 2.75) is 43.8 Å². The molecule has 1 aromatic rings. The number of hydrogen-bond donors (Lipinski definition) is 2. The van der Waals surface area contributed by atoms with E-state index in [4.69, 9.17) is 0 Å². The maximum Gasteiger partial charge on any atom is 0.238 e. The van der Waals surface area contributed by atoms with Crippen molar-refractivity contribution in [3.8, 4) is 0 Å². The van der Waals surface area contributed by atoms with Gasteiger partial charge >= 0.3 is 0 Å². The monoisotopic (exact) mass is 345 g/mol. The van der Waals surface area contributed by atoms with Crippen LogP contribution in [-0.4, -0.2) is 42.5 Å². The van der Waals surface area contributed by atoms with Crippen molar-refractivity contribution < 1.29 is 13.6 Å². The van der Waals surface area contributed by atoms with Gasteiger partial charge in [-0.2, -0.15) is 0 Å². The van der Waals surface area contributed by atoms with Gasteiger partial charge in [0.2, 0.25) is 5.91 Å². The molecule has 128 valence electrons. The number of rotatable bonds is 4. The van der Waals surface area contributed by atoms with Gasteiger partial charge in [-0.3, -0.25) is 9.69 Å². The van der Waals surface area contributed by atoms with Gasteiger partial charge in [0.1, 0.15) is 11.6 Å². The number of likely N-dealkylation sites (N-methyl/N-ethyl adjacent to an activating group) is 1. The second kappa shape index (κ2) is 7.55. The molecule has 2 N–H and O–H groups in total. The number of nitrogens with one attached hydrogen (secondary N) is 2. The predicted octanol–water partition coefficient (Wildman–Crippen LogP) is 2.54. The van der Waals surface area contributed by atoms with Crippen molar-refractivity contribution in [2.24, 2.45) is 0 Å². The lowest BCUT2D eigenvalue weighted by molar-refractivity contribution is -0.117. The quantitative estimate of drug-likeness (QED) is 0.881. The lowest BCUT2D eigenvalue weighted by Crippen LogP contribution is -2.48. The molecule has 2 fully saturated rings. The molecule has 2 aliphatic rings. The summed E-state index contributed by atoms with van der Waals surface area (Å²) in [6, 6.07) is 4.51. The Morgan fingerprint density at radius 2 is 1.96 bits per heavy atom. The molecule has 2 heterocycles. The second-order valence-corrected chi connectivity index (χ2v) is 6.35. The first-order valence-corrected chi connectivity index (χ1v) is 7.72. The number of hydrogen-bond acceptors (Lipinski definition) is 3. The maximum atomic E-state index is 13.5. The van der Waals surface area contributed by atoms with Crippen LogP contribution in [0.5, 0.6) is 0 Å². The number of piperidine rings is 1. The van der Waals surface area contributed by atoms with E-state index in [-0.39, 0.29) is 30.5 Å². The highest BCUT2D eigenvalue weighted by Crippen LogP contribution is 2.29. The standard InChI is InChI=1S/C16H21F2N3O.ClH/c1-21(13-7-11-3-4-12(8-13)19-11)9-16(22)20-15-6-10(17)2-5-14(15)18;/h2,5-6,11-13,19H,3-4,7-9H2,1H3,(H,20,22);1H. The Kier molecular flexibility index (Phi) is 5.95. The van der Waals surface area contributed by atoms with Gasteiger partial charge in [0.25, 0.3) is 0 Å². The van der Waals surface area contributed by atoms with E-state index in [0.29, 0.717) is 18.1 Å². The number of carbonyl (C=O) groups is 1. The third-order valence-electron chi connectivity index (χ3n) is 4.67. The number of amides is 1. The van der Waals surface area contributed by atoms with Crippen molar-refractivity contribution in [3.63, 3.8) is 0 Å². The van der Waals surface area contributed by atoms with Crippen LogP contribution in [0.15, 0.2) is 18.2 Å². The van der Waals surface area contributed by atoms with Crippen LogP contribution < -0.4 is 10.6 Å². The van der Waals surface area contributed by atoms with E-state index in [1.807, 2.05) is 11.9 Å². The highest BCUT2D eigenvalue weighted by atomic mass is 35.5. The van der Waals surface area contributed by atoms with E-state index in [1.165, 1.54) is 12.8 Å². The molecule has 0 aliphatic carbocycles. The van der Waals surface area contributed by atoms with Gasteiger partial charge < -0.3 is 10.6 Å². The van der Waals surface area contributed by atoms with Crippen LogP contribution in [0.3, 0.4) is 0 Å². The molecule has 2 bridgehead atoms. The van der Waals surface area contributed by atoms with Gasteiger partial charge in [-0.15, -0.1) is 12.4 Å². The van der Waals surface area contributed by atoms with E-state index in [1.54, 1.807) is 0 Å². The summed E-state index contributed by atoms with van der Waals surface area (Å²) in [5.74, 6) is -1.52. The Labute approximate surface area is 141 Å². The molecule has 1 amide bonds. The molecule has 7 heteroatoms. The molecule has 0 saturated carbocycles. The Bertz CT molecular complexity index is 560. The molecule has 0 spiro atoms. The zero-order valence-electron chi connectivity index (χ0n) is 13.0. The summed E-state index contributed by atoms with van der Waals surface area (Å²) < 4.78 is 26.6. The molecule has 0 aromatic heterocycles. The third kappa shape index (κ3) is 4.40. The molecule has 1 aromatic carbocycles. The largest absolute Gasteiger partial charge is 0.322 e. The SMILES string of the molecule is CN(CC(=O)Nc1cc(F)ccc1F)C1CC2CCC(C1)N2.Cl.